The van der Waals surface area contributed by atoms with E-state index in [4.69, 9.17) is 9.15 Å². The fourth-order valence-electron chi connectivity index (χ4n) is 2.89. The van der Waals surface area contributed by atoms with Crippen LogP contribution in [0.1, 0.15) is 27.5 Å². The maximum absolute atomic E-state index is 12.6. The predicted molar refractivity (Wildman–Crippen MR) is 100 cm³/mol. The van der Waals surface area contributed by atoms with E-state index < -0.39 is 5.97 Å². The molecule has 0 aliphatic heterocycles. The van der Waals surface area contributed by atoms with Gasteiger partial charge in [-0.25, -0.2) is 4.79 Å². The number of rotatable bonds is 4. The lowest BCUT2D eigenvalue weighted by Gasteiger charge is -2.07. The van der Waals surface area contributed by atoms with E-state index in [9.17, 15) is 4.79 Å². The lowest BCUT2D eigenvalue weighted by molar-refractivity contribution is 0.0441. The lowest BCUT2D eigenvalue weighted by Crippen LogP contribution is -2.07. The number of benzene rings is 2. The Morgan fingerprint density at radius 1 is 1.04 bits per heavy atom. The highest BCUT2D eigenvalue weighted by Crippen LogP contribution is 2.21. The Morgan fingerprint density at radius 2 is 1.89 bits per heavy atom. The quantitative estimate of drug-likeness (QED) is 0.507. The molecule has 2 heterocycles. The zero-order valence-electron chi connectivity index (χ0n) is 15.0. The number of aryl methyl sites for hydroxylation is 2. The molecule has 4 aromatic rings. The second-order valence-corrected chi connectivity index (χ2v) is 6.27. The van der Waals surface area contributed by atoms with Crippen molar-refractivity contribution < 1.29 is 13.9 Å². The second kappa shape index (κ2) is 6.99. The van der Waals surface area contributed by atoms with Crippen LogP contribution in [0.5, 0.6) is 0 Å². The number of carbonyl (C=O) groups is 1. The van der Waals surface area contributed by atoms with E-state index >= 15 is 0 Å². The summed E-state index contributed by atoms with van der Waals surface area (Å²) in [6.45, 7) is 3.74. The maximum Gasteiger partial charge on any atom is 0.339 e. The summed E-state index contributed by atoms with van der Waals surface area (Å²) in [7, 11) is 0. The zero-order chi connectivity index (χ0) is 18.8. The van der Waals surface area contributed by atoms with Gasteiger partial charge in [-0.15, -0.1) is 10.2 Å². The van der Waals surface area contributed by atoms with Crippen LogP contribution < -0.4 is 0 Å². The topological polar surface area (TPSA) is 78.1 Å². The number of esters is 1. The number of fused-ring (bicyclic) bond motifs is 1. The van der Waals surface area contributed by atoms with Gasteiger partial charge < -0.3 is 9.15 Å². The minimum absolute atomic E-state index is 0.0899. The highest BCUT2D eigenvalue weighted by Gasteiger charge is 2.15. The molecular weight excluding hydrogens is 342 g/mol. The van der Waals surface area contributed by atoms with Gasteiger partial charge in [0.25, 0.3) is 5.89 Å². The van der Waals surface area contributed by atoms with Crippen molar-refractivity contribution in [3.63, 3.8) is 0 Å². The molecule has 0 amide bonds. The molecule has 0 fully saturated rings. The van der Waals surface area contributed by atoms with E-state index in [0.717, 1.165) is 27.7 Å². The number of carbonyl (C=O) groups excluding carboxylic acids is 1. The SMILES string of the molecule is Cc1cccc(-c2nnc(COC(=O)c3cc(C)nc4ccccc34)o2)c1. The summed E-state index contributed by atoms with van der Waals surface area (Å²) >= 11 is 0. The molecule has 0 bridgehead atoms. The van der Waals surface area contributed by atoms with Crippen molar-refractivity contribution in [2.24, 2.45) is 0 Å². The van der Waals surface area contributed by atoms with Gasteiger partial charge in [-0.3, -0.25) is 4.98 Å². The summed E-state index contributed by atoms with van der Waals surface area (Å²) in [6, 6.07) is 16.9. The Balaban J connectivity index is 1.52. The van der Waals surface area contributed by atoms with Crippen molar-refractivity contribution in [1.82, 2.24) is 15.2 Å². The molecule has 0 spiro atoms. The highest BCUT2D eigenvalue weighted by atomic mass is 16.5. The average molecular weight is 359 g/mol. The van der Waals surface area contributed by atoms with E-state index in [-0.39, 0.29) is 12.5 Å². The van der Waals surface area contributed by atoms with Gasteiger partial charge in [0.2, 0.25) is 5.89 Å². The molecule has 0 saturated carbocycles. The number of para-hydroxylation sites is 1. The van der Waals surface area contributed by atoms with Crippen LogP contribution in [0.25, 0.3) is 22.4 Å². The Labute approximate surface area is 155 Å². The van der Waals surface area contributed by atoms with Gasteiger partial charge in [0, 0.05) is 16.6 Å². The summed E-state index contributed by atoms with van der Waals surface area (Å²) < 4.78 is 11.0. The Morgan fingerprint density at radius 3 is 2.74 bits per heavy atom. The first-order chi connectivity index (χ1) is 13.1. The number of ether oxygens (including phenoxy) is 1. The molecule has 0 atom stereocenters. The predicted octanol–water partition coefficient (Wildman–Crippen LogP) is 4.26. The van der Waals surface area contributed by atoms with Crippen LogP contribution in [0.2, 0.25) is 0 Å². The summed E-state index contributed by atoms with van der Waals surface area (Å²) in [5, 5.41) is 8.73. The fraction of sp³-hybridized carbons (Fsp3) is 0.143. The van der Waals surface area contributed by atoms with Crippen molar-refractivity contribution in [2.45, 2.75) is 20.5 Å². The van der Waals surface area contributed by atoms with Gasteiger partial charge in [0.05, 0.1) is 11.1 Å². The number of aromatic nitrogens is 3. The summed E-state index contributed by atoms with van der Waals surface area (Å²) in [4.78, 5) is 17.0. The smallest absolute Gasteiger partial charge is 0.339 e. The van der Waals surface area contributed by atoms with E-state index in [1.165, 1.54) is 0 Å². The van der Waals surface area contributed by atoms with Crippen LogP contribution >= 0.6 is 0 Å². The minimum atomic E-state index is -0.452. The van der Waals surface area contributed by atoms with E-state index in [1.54, 1.807) is 6.07 Å². The van der Waals surface area contributed by atoms with Crippen LogP contribution in [0, 0.1) is 13.8 Å². The third-order valence-electron chi connectivity index (χ3n) is 4.12. The van der Waals surface area contributed by atoms with E-state index in [2.05, 4.69) is 15.2 Å². The summed E-state index contributed by atoms with van der Waals surface area (Å²) in [6.07, 6.45) is 0. The summed E-state index contributed by atoms with van der Waals surface area (Å²) in [5.74, 6) is 0.192. The molecule has 6 nitrogen and oxygen atoms in total. The molecule has 134 valence electrons. The third-order valence-corrected chi connectivity index (χ3v) is 4.12. The first-order valence-electron chi connectivity index (χ1n) is 8.53. The summed E-state index contributed by atoms with van der Waals surface area (Å²) in [5.41, 5.74) is 3.90. The molecule has 2 aromatic carbocycles. The van der Waals surface area contributed by atoms with Gasteiger partial charge in [0.15, 0.2) is 6.61 Å². The fourth-order valence-corrected chi connectivity index (χ4v) is 2.89. The van der Waals surface area contributed by atoms with Crippen LogP contribution in [0.15, 0.2) is 59.0 Å². The number of pyridine rings is 1. The van der Waals surface area contributed by atoms with Crippen LogP contribution in [0.3, 0.4) is 0 Å². The van der Waals surface area contributed by atoms with Gasteiger partial charge in [-0.2, -0.15) is 0 Å². The number of hydrogen-bond acceptors (Lipinski definition) is 6. The van der Waals surface area contributed by atoms with Gasteiger partial charge >= 0.3 is 5.97 Å². The third kappa shape index (κ3) is 3.55. The molecule has 0 saturated heterocycles. The minimum Gasteiger partial charge on any atom is -0.452 e. The first-order valence-corrected chi connectivity index (χ1v) is 8.53. The highest BCUT2D eigenvalue weighted by molar-refractivity contribution is 6.03. The lowest BCUT2D eigenvalue weighted by atomic mass is 10.1. The van der Waals surface area contributed by atoms with Crippen molar-refractivity contribution in [3.8, 4) is 11.5 Å². The second-order valence-electron chi connectivity index (χ2n) is 6.27. The largest absolute Gasteiger partial charge is 0.452 e. The molecule has 0 aliphatic rings. The molecule has 0 N–H and O–H groups in total. The Kier molecular flexibility index (Phi) is 4.38. The molecule has 27 heavy (non-hydrogen) atoms. The Hall–Kier alpha value is -3.54. The number of nitrogens with zero attached hydrogens (tertiary/aromatic N) is 3. The Bertz CT molecular complexity index is 1130. The van der Waals surface area contributed by atoms with Crippen LogP contribution in [-0.2, 0) is 11.3 Å². The number of hydrogen-bond donors (Lipinski definition) is 0. The molecule has 0 aliphatic carbocycles. The monoisotopic (exact) mass is 359 g/mol. The van der Waals surface area contributed by atoms with Crippen molar-refractivity contribution in [1.29, 1.82) is 0 Å². The van der Waals surface area contributed by atoms with Crippen molar-refractivity contribution in [2.75, 3.05) is 0 Å². The zero-order valence-corrected chi connectivity index (χ0v) is 15.0. The average Bonchev–Trinajstić information content (AvgIpc) is 3.14. The van der Waals surface area contributed by atoms with E-state index in [0.29, 0.717) is 11.5 Å². The first kappa shape index (κ1) is 16.9. The molecule has 6 heteroatoms. The van der Waals surface area contributed by atoms with Crippen molar-refractivity contribution in [3.05, 3.63) is 77.3 Å². The molecule has 0 unspecified atom stereocenters. The maximum atomic E-state index is 12.6. The molecular formula is C21H17N3O3. The molecule has 2 aromatic heterocycles. The van der Waals surface area contributed by atoms with Gasteiger partial charge in [-0.05, 0) is 38.1 Å². The molecule has 4 rings (SSSR count). The van der Waals surface area contributed by atoms with Crippen molar-refractivity contribution >= 4 is 16.9 Å². The van der Waals surface area contributed by atoms with Gasteiger partial charge in [-0.1, -0.05) is 35.9 Å². The van der Waals surface area contributed by atoms with Gasteiger partial charge in [0.1, 0.15) is 0 Å². The van der Waals surface area contributed by atoms with Crippen LogP contribution in [0.4, 0.5) is 0 Å². The normalized spacial score (nSPS) is 10.9. The standard InChI is InChI=1S/C21H17N3O3/c1-13-6-5-7-15(10-13)20-24-23-19(27-20)12-26-21(25)17-11-14(2)22-18-9-4-3-8-16(17)18/h3-11H,12H2,1-2H3. The van der Waals surface area contributed by atoms with E-state index in [1.807, 2.05) is 62.4 Å². The molecule has 0 radical (unpaired) electrons. The van der Waals surface area contributed by atoms with Crippen LogP contribution in [-0.4, -0.2) is 21.2 Å².